The number of nitrogens with one attached hydrogen (secondary N) is 1. The third kappa shape index (κ3) is 3.53. The van der Waals surface area contributed by atoms with Crippen LogP contribution in [0.5, 0.6) is 0 Å². The molecule has 1 unspecified atom stereocenters. The van der Waals surface area contributed by atoms with Crippen molar-refractivity contribution < 1.29 is 9.90 Å². The Morgan fingerprint density at radius 1 is 1.42 bits per heavy atom. The minimum atomic E-state index is -1.08. The van der Waals surface area contributed by atoms with Gasteiger partial charge in [0.05, 0.1) is 12.7 Å². The Labute approximate surface area is 143 Å². The largest absolute Gasteiger partial charge is 0.381 e. The lowest BCUT2D eigenvalue weighted by atomic mass is 9.71. The maximum Gasteiger partial charge on any atom is 0.246 e. The van der Waals surface area contributed by atoms with E-state index in [-0.39, 0.29) is 12.5 Å². The molecule has 0 bridgehead atoms. The van der Waals surface area contributed by atoms with Crippen LogP contribution in [0.25, 0.3) is 0 Å². The van der Waals surface area contributed by atoms with Gasteiger partial charge in [-0.15, -0.1) is 0 Å². The Kier molecular flexibility index (Phi) is 4.51. The molecule has 3 rings (SSSR count). The highest BCUT2D eigenvalue weighted by molar-refractivity contribution is 5.88. The summed E-state index contributed by atoms with van der Waals surface area (Å²) in [6.07, 6.45) is 8.16. The molecular weight excluding hydrogens is 304 g/mol. The van der Waals surface area contributed by atoms with Gasteiger partial charge in [0.15, 0.2) is 0 Å². The van der Waals surface area contributed by atoms with Crippen molar-refractivity contribution in [3.05, 3.63) is 23.5 Å². The molecular formula is C18H28N4O2. The second-order valence-electron chi connectivity index (χ2n) is 8.34. The van der Waals surface area contributed by atoms with E-state index in [0.717, 1.165) is 31.6 Å². The van der Waals surface area contributed by atoms with Crippen molar-refractivity contribution in [1.29, 1.82) is 0 Å². The molecule has 24 heavy (non-hydrogen) atoms. The van der Waals surface area contributed by atoms with E-state index in [1.807, 2.05) is 0 Å². The van der Waals surface area contributed by atoms with E-state index < -0.39 is 5.60 Å². The fourth-order valence-corrected chi connectivity index (χ4v) is 3.88. The number of hydrogen-bond donors (Lipinski definition) is 2. The number of hydrogen-bond acceptors (Lipinski definition) is 4. The lowest BCUT2D eigenvalue weighted by Crippen LogP contribution is -2.34. The third-order valence-electron chi connectivity index (χ3n) is 5.63. The average Bonchev–Trinajstić information content (AvgIpc) is 3.17. The highest BCUT2D eigenvalue weighted by Gasteiger charge is 2.41. The van der Waals surface area contributed by atoms with Crippen molar-refractivity contribution in [2.75, 3.05) is 13.1 Å². The predicted octanol–water partition coefficient (Wildman–Crippen LogP) is 2.39. The summed E-state index contributed by atoms with van der Waals surface area (Å²) >= 11 is 0. The van der Waals surface area contributed by atoms with E-state index in [1.54, 1.807) is 11.0 Å². The van der Waals surface area contributed by atoms with Gasteiger partial charge in [-0.3, -0.25) is 4.79 Å². The van der Waals surface area contributed by atoms with Gasteiger partial charge in [0.2, 0.25) is 5.91 Å². The summed E-state index contributed by atoms with van der Waals surface area (Å²) in [6.45, 7) is 7.73. The van der Waals surface area contributed by atoms with Crippen molar-refractivity contribution in [3.8, 4) is 0 Å². The molecule has 0 aromatic carbocycles. The van der Waals surface area contributed by atoms with E-state index in [0.29, 0.717) is 24.1 Å². The number of likely N-dealkylation sites (tertiary alicyclic amines) is 1. The Hall–Kier alpha value is -1.69. The molecule has 1 saturated heterocycles. The number of nitrogens with zero attached hydrogens (tertiary/aromatic N) is 3. The smallest absolute Gasteiger partial charge is 0.246 e. The maximum atomic E-state index is 12.5. The van der Waals surface area contributed by atoms with Crippen LogP contribution in [0, 0.1) is 11.3 Å². The average molecular weight is 332 g/mol. The summed E-state index contributed by atoms with van der Waals surface area (Å²) in [7, 11) is 0. The van der Waals surface area contributed by atoms with Gasteiger partial charge in [0.25, 0.3) is 0 Å². The number of rotatable bonds is 2. The van der Waals surface area contributed by atoms with Crippen molar-refractivity contribution in [3.63, 3.8) is 0 Å². The fourth-order valence-electron chi connectivity index (χ4n) is 3.88. The molecule has 2 fully saturated rings. The van der Waals surface area contributed by atoms with Crippen molar-refractivity contribution in [2.45, 2.75) is 58.5 Å². The zero-order chi connectivity index (χ0) is 17.4. The van der Waals surface area contributed by atoms with Crippen LogP contribution in [0.4, 0.5) is 0 Å². The molecule has 2 N–H and O–H groups in total. The lowest BCUT2D eigenvalue weighted by Gasteiger charge is -2.34. The Bertz CT molecular complexity index is 607. The van der Waals surface area contributed by atoms with Crippen LogP contribution in [0.15, 0.2) is 17.8 Å². The zero-order valence-corrected chi connectivity index (χ0v) is 14.9. The van der Waals surface area contributed by atoms with E-state index >= 15 is 0 Å². The second-order valence-corrected chi connectivity index (χ2v) is 8.34. The number of amides is 1. The Morgan fingerprint density at radius 2 is 2.12 bits per heavy atom. The molecule has 132 valence electrons. The highest BCUT2D eigenvalue weighted by Crippen LogP contribution is 2.39. The van der Waals surface area contributed by atoms with Gasteiger partial charge in [-0.05, 0) is 37.0 Å². The normalized spacial score (nSPS) is 28.2. The fraction of sp³-hybridized carbons (Fsp3) is 0.722. The quantitative estimate of drug-likeness (QED) is 0.815. The molecule has 1 aliphatic heterocycles. The topological polar surface area (TPSA) is 82.1 Å². The highest BCUT2D eigenvalue weighted by atomic mass is 16.3. The van der Waals surface area contributed by atoms with E-state index in [1.165, 1.54) is 11.8 Å². The molecule has 1 aromatic rings. The molecule has 1 amide bonds. The monoisotopic (exact) mass is 332 g/mol. The Balaban J connectivity index is 1.59. The van der Waals surface area contributed by atoms with Crippen molar-refractivity contribution >= 4 is 5.91 Å². The number of carbonyl (C=O) groups is 1. The molecule has 6 nitrogen and oxygen atoms in total. The molecule has 2 heterocycles. The van der Waals surface area contributed by atoms with Gasteiger partial charge >= 0.3 is 0 Å². The van der Waals surface area contributed by atoms with Crippen LogP contribution in [0.1, 0.15) is 58.6 Å². The molecule has 0 radical (unpaired) electrons. The number of β-amino-alcohol motifs (C(OH)–C–C–N with tert-alkyl or cyclic N) is 1. The molecule has 6 heteroatoms. The number of aromatic nitrogens is 3. The van der Waals surface area contributed by atoms with Gasteiger partial charge in [0, 0.05) is 19.0 Å². The number of aliphatic hydroxyl groups is 1. The molecule has 0 spiro atoms. The molecule has 1 saturated carbocycles. The zero-order valence-electron chi connectivity index (χ0n) is 14.9. The maximum absolute atomic E-state index is 12.5. The van der Waals surface area contributed by atoms with Gasteiger partial charge in [-0.2, -0.15) is 15.4 Å². The first-order valence-corrected chi connectivity index (χ1v) is 8.85. The van der Waals surface area contributed by atoms with Gasteiger partial charge < -0.3 is 10.0 Å². The number of H-pyrrole nitrogens is 1. The van der Waals surface area contributed by atoms with Crippen LogP contribution in [-0.4, -0.2) is 44.4 Å². The molecule has 1 aromatic heterocycles. The van der Waals surface area contributed by atoms with Crippen LogP contribution in [-0.2, 0) is 10.4 Å². The van der Waals surface area contributed by atoms with Crippen LogP contribution in [0.2, 0.25) is 0 Å². The van der Waals surface area contributed by atoms with E-state index in [4.69, 9.17) is 0 Å². The predicted molar refractivity (Wildman–Crippen MR) is 91.0 cm³/mol. The third-order valence-corrected chi connectivity index (χ3v) is 5.63. The van der Waals surface area contributed by atoms with Gasteiger partial charge in [0.1, 0.15) is 11.3 Å². The molecule has 1 atom stereocenters. The lowest BCUT2D eigenvalue weighted by molar-refractivity contribution is -0.126. The standard InChI is InChI=1S/C18H28N4O2/c1-17(2,3)14-6-4-13(5-7-14)10-16(23)22-9-8-18(24,12-22)15-11-19-21-20-15/h10-11,14,24H,4-9,12H2,1-3H3,(H,19,20,21). The number of allylic oxidation sites excluding steroid dienone is 1. The number of carbonyl (C=O) groups excluding carboxylic acids is 1. The van der Waals surface area contributed by atoms with Crippen LogP contribution < -0.4 is 0 Å². The first-order valence-electron chi connectivity index (χ1n) is 8.85. The summed E-state index contributed by atoms with van der Waals surface area (Å²) in [4.78, 5) is 14.3. The van der Waals surface area contributed by atoms with Gasteiger partial charge in [-0.1, -0.05) is 26.3 Å². The first kappa shape index (κ1) is 17.1. The minimum Gasteiger partial charge on any atom is -0.381 e. The second kappa shape index (κ2) is 6.31. The summed E-state index contributed by atoms with van der Waals surface area (Å²) in [5, 5.41) is 20.9. The Morgan fingerprint density at radius 3 is 2.71 bits per heavy atom. The first-order chi connectivity index (χ1) is 11.3. The van der Waals surface area contributed by atoms with Crippen LogP contribution in [0.3, 0.4) is 0 Å². The van der Waals surface area contributed by atoms with Crippen LogP contribution >= 0.6 is 0 Å². The number of aromatic amines is 1. The SMILES string of the molecule is CC(C)(C)C1CCC(=CC(=O)N2CCC(O)(c3cn[nH]n3)C2)CC1. The summed E-state index contributed by atoms with van der Waals surface area (Å²) in [6, 6.07) is 0. The summed E-state index contributed by atoms with van der Waals surface area (Å²) < 4.78 is 0. The van der Waals surface area contributed by atoms with E-state index in [2.05, 4.69) is 36.2 Å². The van der Waals surface area contributed by atoms with Crippen molar-refractivity contribution in [2.24, 2.45) is 11.3 Å². The van der Waals surface area contributed by atoms with Gasteiger partial charge in [-0.25, -0.2) is 0 Å². The molecule has 2 aliphatic rings. The minimum absolute atomic E-state index is 0.0126. The van der Waals surface area contributed by atoms with E-state index in [9.17, 15) is 9.90 Å². The summed E-state index contributed by atoms with van der Waals surface area (Å²) in [5.74, 6) is 0.743. The molecule has 1 aliphatic carbocycles. The summed E-state index contributed by atoms with van der Waals surface area (Å²) in [5.41, 5.74) is 1.03. The van der Waals surface area contributed by atoms with Crippen molar-refractivity contribution in [1.82, 2.24) is 20.3 Å².